The molecule has 2 N–H and O–H groups in total. The molecule has 0 aromatic heterocycles. The van der Waals surface area contributed by atoms with Gasteiger partial charge in [-0.25, -0.2) is 0 Å². The van der Waals surface area contributed by atoms with Crippen LogP contribution in [0.2, 0.25) is 0 Å². The predicted octanol–water partition coefficient (Wildman–Crippen LogP) is 2.60. The number of aromatic hydroxyl groups is 1. The third kappa shape index (κ3) is 4.84. The third-order valence-corrected chi connectivity index (χ3v) is 3.86. The van der Waals surface area contributed by atoms with Crippen LogP contribution >= 0.6 is 0 Å². The summed E-state index contributed by atoms with van der Waals surface area (Å²) in [6.07, 6.45) is 2.58. The zero-order valence-electron chi connectivity index (χ0n) is 12.1. The van der Waals surface area contributed by atoms with E-state index in [0.717, 1.165) is 19.0 Å². The van der Waals surface area contributed by atoms with Gasteiger partial charge < -0.3 is 10.4 Å². The van der Waals surface area contributed by atoms with Gasteiger partial charge in [-0.2, -0.15) is 0 Å². The number of hydrogen-bond acceptors (Lipinski definition) is 3. The predicted molar refractivity (Wildman–Crippen MR) is 79.2 cm³/mol. The van der Waals surface area contributed by atoms with Gasteiger partial charge in [-0.05, 0) is 56.1 Å². The number of nitrogens with zero attached hydrogens (tertiary/aromatic N) is 1. The first-order valence-corrected chi connectivity index (χ1v) is 7.37. The van der Waals surface area contributed by atoms with Gasteiger partial charge in [-0.15, -0.1) is 0 Å². The number of phenolic OH excluding ortho intramolecular Hbond substituents is 1. The minimum absolute atomic E-state index is 0.349. The molecule has 1 saturated heterocycles. The van der Waals surface area contributed by atoms with Gasteiger partial charge in [-0.3, -0.25) is 4.90 Å². The van der Waals surface area contributed by atoms with Crippen molar-refractivity contribution in [3.63, 3.8) is 0 Å². The van der Waals surface area contributed by atoms with Crippen LogP contribution in [-0.4, -0.2) is 35.7 Å². The molecule has 0 spiro atoms. The lowest BCUT2D eigenvalue weighted by atomic mass is 9.96. The van der Waals surface area contributed by atoms with Crippen LogP contribution in [0, 0.1) is 5.92 Å². The highest BCUT2D eigenvalue weighted by Gasteiger charge is 2.19. The summed E-state index contributed by atoms with van der Waals surface area (Å²) in [6.45, 7) is 8.95. The first kappa shape index (κ1) is 14.4. The summed E-state index contributed by atoms with van der Waals surface area (Å²) < 4.78 is 0. The van der Waals surface area contributed by atoms with Crippen LogP contribution in [0.15, 0.2) is 24.3 Å². The monoisotopic (exact) mass is 262 g/mol. The zero-order valence-corrected chi connectivity index (χ0v) is 12.1. The van der Waals surface area contributed by atoms with Crippen molar-refractivity contribution in [1.29, 1.82) is 0 Å². The van der Waals surface area contributed by atoms with Gasteiger partial charge >= 0.3 is 0 Å². The lowest BCUT2D eigenvalue weighted by Gasteiger charge is -2.32. The Kier molecular flexibility index (Phi) is 5.23. The quantitative estimate of drug-likeness (QED) is 0.856. The van der Waals surface area contributed by atoms with Gasteiger partial charge in [0.2, 0.25) is 0 Å². The van der Waals surface area contributed by atoms with E-state index in [1.807, 2.05) is 12.1 Å². The van der Waals surface area contributed by atoms with Gasteiger partial charge in [0.05, 0.1) is 0 Å². The maximum atomic E-state index is 9.28. The lowest BCUT2D eigenvalue weighted by molar-refractivity contribution is 0.174. The molecule has 19 heavy (non-hydrogen) atoms. The van der Waals surface area contributed by atoms with Crippen molar-refractivity contribution in [3.05, 3.63) is 29.8 Å². The van der Waals surface area contributed by atoms with Gasteiger partial charge in [0.1, 0.15) is 5.75 Å². The molecule has 0 saturated carbocycles. The van der Waals surface area contributed by atoms with E-state index in [9.17, 15) is 5.11 Å². The van der Waals surface area contributed by atoms with Crippen molar-refractivity contribution in [2.45, 2.75) is 39.3 Å². The minimum Gasteiger partial charge on any atom is -0.508 e. The molecule has 1 aromatic rings. The second kappa shape index (κ2) is 6.92. The van der Waals surface area contributed by atoms with Crippen LogP contribution < -0.4 is 5.32 Å². The van der Waals surface area contributed by atoms with Crippen molar-refractivity contribution < 1.29 is 5.11 Å². The van der Waals surface area contributed by atoms with Gasteiger partial charge in [0.25, 0.3) is 0 Å². The highest BCUT2D eigenvalue weighted by Crippen LogP contribution is 2.19. The summed E-state index contributed by atoms with van der Waals surface area (Å²) in [5.41, 5.74) is 1.29. The molecule has 0 bridgehead atoms. The van der Waals surface area contributed by atoms with Crippen molar-refractivity contribution in [2.75, 3.05) is 19.6 Å². The fourth-order valence-corrected chi connectivity index (χ4v) is 2.61. The van der Waals surface area contributed by atoms with E-state index in [0.29, 0.717) is 11.8 Å². The summed E-state index contributed by atoms with van der Waals surface area (Å²) in [4.78, 5) is 2.51. The standard InChI is InChI=1S/C16H26N2O/c1-13(2)17-11-14-7-9-18(10-8-14)12-15-3-5-16(19)6-4-15/h3-6,13-14,17,19H,7-12H2,1-2H3. The summed E-state index contributed by atoms with van der Waals surface area (Å²) in [6, 6.07) is 8.17. The number of hydrogen-bond donors (Lipinski definition) is 2. The molecule has 3 nitrogen and oxygen atoms in total. The van der Waals surface area contributed by atoms with E-state index < -0.39 is 0 Å². The van der Waals surface area contributed by atoms with Crippen molar-refractivity contribution in [1.82, 2.24) is 10.2 Å². The van der Waals surface area contributed by atoms with Crippen molar-refractivity contribution in [3.8, 4) is 5.75 Å². The molecule has 1 heterocycles. The number of likely N-dealkylation sites (tertiary alicyclic amines) is 1. The Morgan fingerprint density at radius 2 is 1.84 bits per heavy atom. The lowest BCUT2D eigenvalue weighted by Crippen LogP contribution is -2.38. The highest BCUT2D eigenvalue weighted by atomic mass is 16.3. The number of benzene rings is 1. The van der Waals surface area contributed by atoms with E-state index in [1.54, 1.807) is 12.1 Å². The first-order valence-electron chi connectivity index (χ1n) is 7.37. The van der Waals surface area contributed by atoms with Crippen LogP contribution in [0.25, 0.3) is 0 Å². The van der Waals surface area contributed by atoms with Gasteiger partial charge in [0, 0.05) is 12.6 Å². The summed E-state index contributed by atoms with van der Waals surface area (Å²) in [7, 11) is 0. The number of phenols is 1. The van der Waals surface area contributed by atoms with E-state index in [4.69, 9.17) is 0 Å². The van der Waals surface area contributed by atoms with Gasteiger partial charge in [0.15, 0.2) is 0 Å². The smallest absolute Gasteiger partial charge is 0.115 e. The van der Waals surface area contributed by atoms with Crippen LogP contribution in [-0.2, 0) is 6.54 Å². The second-order valence-electron chi connectivity index (χ2n) is 5.95. The third-order valence-electron chi connectivity index (χ3n) is 3.86. The Bertz CT molecular complexity index is 367. The largest absolute Gasteiger partial charge is 0.508 e. The van der Waals surface area contributed by atoms with E-state index in [1.165, 1.54) is 31.5 Å². The molecular weight excluding hydrogens is 236 g/mol. The Morgan fingerprint density at radius 3 is 2.42 bits per heavy atom. The molecule has 0 atom stereocenters. The average molecular weight is 262 g/mol. The summed E-state index contributed by atoms with van der Waals surface area (Å²) in [5, 5.41) is 12.8. The molecule has 0 radical (unpaired) electrons. The maximum absolute atomic E-state index is 9.28. The molecule has 1 aliphatic rings. The maximum Gasteiger partial charge on any atom is 0.115 e. The molecule has 3 heteroatoms. The fraction of sp³-hybridized carbons (Fsp3) is 0.625. The summed E-state index contributed by atoms with van der Waals surface area (Å²) in [5.74, 6) is 1.18. The topological polar surface area (TPSA) is 35.5 Å². The normalized spacial score (nSPS) is 18.1. The van der Waals surface area contributed by atoms with Crippen LogP contribution in [0.4, 0.5) is 0 Å². The first-order chi connectivity index (χ1) is 9.13. The Hall–Kier alpha value is -1.06. The van der Waals surface area contributed by atoms with E-state index in [2.05, 4.69) is 24.1 Å². The van der Waals surface area contributed by atoms with Crippen LogP contribution in [0.3, 0.4) is 0 Å². The van der Waals surface area contributed by atoms with Crippen molar-refractivity contribution in [2.24, 2.45) is 5.92 Å². The van der Waals surface area contributed by atoms with E-state index in [-0.39, 0.29) is 0 Å². The minimum atomic E-state index is 0.349. The van der Waals surface area contributed by atoms with Crippen LogP contribution in [0.1, 0.15) is 32.3 Å². The highest BCUT2D eigenvalue weighted by molar-refractivity contribution is 5.25. The van der Waals surface area contributed by atoms with E-state index >= 15 is 0 Å². The number of piperidine rings is 1. The molecule has 0 aliphatic carbocycles. The zero-order chi connectivity index (χ0) is 13.7. The molecule has 1 aliphatic heterocycles. The Labute approximate surface area is 116 Å². The Balaban J connectivity index is 1.72. The van der Waals surface area contributed by atoms with Gasteiger partial charge in [-0.1, -0.05) is 26.0 Å². The number of rotatable bonds is 5. The molecule has 2 rings (SSSR count). The summed E-state index contributed by atoms with van der Waals surface area (Å²) >= 11 is 0. The molecule has 0 unspecified atom stereocenters. The van der Waals surface area contributed by atoms with Crippen molar-refractivity contribution >= 4 is 0 Å². The second-order valence-corrected chi connectivity index (χ2v) is 5.95. The molecule has 1 fully saturated rings. The number of nitrogens with one attached hydrogen (secondary N) is 1. The fourth-order valence-electron chi connectivity index (χ4n) is 2.61. The molecular formula is C16H26N2O. The Morgan fingerprint density at radius 1 is 1.21 bits per heavy atom. The average Bonchev–Trinajstić information content (AvgIpc) is 2.40. The SMILES string of the molecule is CC(C)NCC1CCN(Cc2ccc(O)cc2)CC1. The molecule has 1 aromatic carbocycles. The van der Waals surface area contributed by atoms with Crippen LogP contribution in [0.5, 0.6) is 5.75 Å². The molecule has 106 valence electrons. The molecule has 0 amide bonds.